The van der Waals surface area contributed by atoms with Gasteiger partial charge in [-0.2, -0.15) is 0 Å². The summed E-state index contributed by atoms with van der Waals surface area (Å²) in [5.74, 6) is 0.0108. The van der Waals surface area contributed by atoms with Gasteiger partial charge in [0.2, 0.25) is 5.24 Å². The third-order valence-electron chi connectivity index (χ3n) is 1.30. The summed E-state index contributed by atoms with van der Waals surface area (Å²) in [6.07, 6.45) is 5.77. The number of hydrogen-bond acceptors (Lipinski definition) is 1. The Morgan fingerprint density at radius 2 is 2.50 bits per heavy atom. The molecule has 0 aliphatic heterocycles. The van der Waals surface area contributed by atoms with E-state index in [0.29, 0.717) is 0 Å². The highest BCUT2D eigenvalue weighted by Gasteiger charge is 2.14. The first-order chi connectivity index (χ1) is 3.80. The van der Waals surface area contributed by atoms with Crippen LogP contribution in [0.3, 0.4) is 0 Å². The molecule has 1 nitrogen and oxygen atoms in total. The zero-order valence-electron chi connectivity index (χ0n) is 4.43. The normalized spacial score (nSPS) is 26.4. The van der Waals surface area contributed by atoms with E-state index in [1.807, 2.05) is 12.2 Å². The fourth-order valence-corrected chi connectivity index (χ4v) is 1.00. The van der Waals surface area contributed by atoms with Crippen molar-refractivity contribution in [3.8, 4) is 0 Å². The summed E-state index contributed by atoms with van der Waals surface area (Å²) in [7, 11) is 0. The van der Waals surface area contributed by atoms with Gasteiger partial charge in [-0.3, -0.25) is 4.79 Å². The first-order valence-corrected chi connectivity index (χ1v) is 3.04. The Balaban J connectivity index is 2.48. The van der Waals surface area contributed by atoms with Crippen LogP contribution in [-0.4, -0.2) is 5.24 Å². The smallest absolute Gasteiger partial charge is 0.228 e. The molecule has 1 aliphatic rings. The Morgan fingerprint density at radius 3 is 2.75 bits per heavy atom. The quantitative estimate of drug-likeness (QED) is 0.390. The molecule has 0 aromatic carbocycles. The highest BCUT2D eigenvalue weighted by atomic mass is 35.5. The lowest BCUT2D eigenvalue weighted by Gasteiger charge is -1.94. The van der Waals surface area contributed by atoms with Crippen LogP contribution < -0.4 is 0 Å². The van der Waals surface area contributed by atoms with E-state index >= 15 is 0 Å². The van der Waals surface area contributed by atoms with Gasteiger partial charge in [0.25, 0.3) is 0 Å². The maximum Gasteiger partial charge on any atom is 0.228 e. The van der Waals surface area contributed by atoms with Crippen molar-refractivity contribution in [2.75, 3.05) is 0 Å². The molecule has 1 unspecified atom stereocenters. The molecule has 0 aromatic rings. The molecule has 0 saturated heterocycles. The van der Waals surface area contributed by atoms with E-state index in [1.54, 1.807) is 0 Å². The summed E-state index contributed by atoms with van der Waals surface area (Å²) in [5.41, 5.74) is 0. The Kier molecular flexibility index (Phi) is 1.69. The van der Waals surface area contributed by atoms with Gasteiger partial charge in [0, 0.05) is 0 Å². The van der Waals surface area contributed by atoms with Crippen LogP contribution in [0, 0.1) is 5.92 Å². The molecule has 0 amide bonds. The third kappa shape index (κ3) is 1.10. The van der Waals surface area contributed by atoms with E-state index in [4.69, 9.17) is 11.6 Å². The fourth-order valence-electron chi connectivity index (χ4n) is 0.822. The van der Waals surface area contributed by atoms with Crippen LogP contribution in [0.2, 0.25) is 0 Å². The van der Waals surface area contributed by atoms with E-state index in [1.165, 1.54) is 0 Å². The maximum absolute atomic E-state index is 10.4. The Morgan fingerprint density at radius 1 is 1.75 bits per heavy atom. The highest BCUT2D eigenvalue weighted by molar-refractivity contribution is 6.64. The van der Waals surface area contributed by atoms with Crippen molar-refractivity contribution in [1.29, 1.82) is 0 Å². The third-order valence-corrected chi connectivity index (χ3v) is 1.58. The minimum atomic E-state index is -0.223. The van der Waals surface area contributed by atoms with Crippen LogP contribution >= 0.6 is 11.6 Å². The van der Waals surface area contributed by atoms with Crippen molar-refractivity contribution in [2.24, 2.45) is 5.92 Å². The highest BCUT2D eigenvalue weighted by Crippen LogP contribution is 2.18. The predicted molar refractivity (Wildman–Crippen MR) is 32.7 cm³/mol. The van der Waals surface area contributed by atoms with E-state index in [0.717, 1.165) is 12.8 Å². The molecule has 0 aromatic heterocycles. The first kappa shape index (κ1) is 5.83. The lowest BCUT2D eigenvalue weighted by Crippen LogP contribution is -1.99. The van der Waals surface area contributed by atoms with Gasteiger partial charge in [0.15, 0.2) is 0 Å². The Hall–Kier alpha value is -0.300. The number of hydrogen-bond donors (Lipinski definition) is 0. The molecule has 0 fully saturated rings. The predicted octanol–water partition coefficient (Wildman–Crippen LogP) is 1.72. The van der Waals surface area contributed by atoms with Crippen molar-refractivity contribution in [3.05, 3.63) is 12.2 Å². The summed E-state index contributed by atoms with van der Waals surface area (Å²) in [4.78, 5) is 10.4. The molecule has 1 rings (SSSR count). The maximum atomic E-state index is 10.4. The van der Waals surface area contributed by atoms with Crippen molar-refractivity contribution in [1.82, 2.24) is 0 Å². The minimum absolute atomic E-state index is 0.0108. The fraction of sp³-hybridized carbons (Fsp3) is 0.500. The van der Waals surface area contributed by atoms with Crippen molar-refractivity contribution in [2.45, 2.75) is 12.8 Å². The number of carbonyl (C=O) groups is 1. The molecule has 0 bridgehead atoms. The summed E-state index contributed by atoms with van der Waals surface area (Å²) in [5, 5.41) is -0.223. The lowest BCUT2D eigenvalue weighted by atomic mass is 10.1. The summed E-state index contributed by atoms with van der Waals surface area (Å²) in [6.45, 7) is 0. The summed E-state index contributed by atoms with van der Waals surface area (Å²) < 4.78 is 0. The van der Waals surface area contributed by atoms with E-state index < -0.39 is 0 Å². The van der Waals surface area contributed by atoms with Crippen LogP contribution in [0.4, 0.5) is 0 Å². The number of carbonyl (C=O) groups excluding carboxylic acids is 1. The van der Waals surface area contributed by atoms with Gasteiger partial charge in [0.1, 0.15) is 0 Å². The molecule has 0 N–H and O–H groups in total. The van der Waals surface area contributed by atoms with Gasteiger partial charge in [-0.15, -0.1) is 0 Å². The molecule has 0 radical (unpaired) electrons. The number of halogens is 1. The van der Waals surface area contributed by atoms with Crippen LogP contribution in [0.1, 0.15) is 12.8 Å². The van der Waals surface area contributed by atoms with Gasteiger partial charge in [0.05, 0.1) is 5.92 Å². The Bertz CT molecular complexity index is 128. The van der Waals surface area contributed by atoms with E-state index in [9.17, 15) is 4.79 Å². The van der Waals surface area contributed by atoms with E-state index in [-0.39, 0.29) is 11.2 Å². The van der Waals surface area contributed by atoms with Gasteiger partial charge >= 0.3 is 0 Å². The largest absolute Gasteiger partial charge is 0.281 e. The second kappa shape index (κ2) is 2.31. The minimum Gasteiger partial charge on any atom is -0.281 e. The molecule has 8 heavy (non-hydrogen) atoms. The van der Waals surface area contributed by atoms with Gasteiger partial charge in [-0.05, 0) is 24.4 Å². The average Bonchev–Trinajstić information content (AvgIpc) is 2.12. The SMILES string of the molecule is O=C(Cl)C1C=CCC1. The van der Waals surface area contributed by atoms with Crippen molar-refractivity contribution < 1.29 is 4.79 Å². The monoisotopic (exact) mass is 130 g/mol. The number of rotatable bonds is 1. The average molecular weight is 131 g/mol. The first-order valence-electron chi connectivity index (χ1n) is 2.66. The van der Waals surface area contributed by atoms with Crippen LogP contribution in [-0.2, 0) is 4.79 Å². The van der Waals surface area contributed by atoms with Gasteiger partial charge in [-0.25, -0.2) is 0 Å². The zero-order chi connectivity index (χ0) is 5.98. The standard InChI is InChI=1S/C6H7ClO/c7-6(8)5-3-1-2-4-5/h1,3,5H,2,4H2. The molecule has 1 atom stereocenters. The van der Waals surface area contributed by atoms with Gasteiger partial charge in [-0.1, -0.05) is 12.2 Å². The van der Waals surface area contributed by atoms with Crippen LogP contribution in [0.25, 0.3) is 0 Å². The number of allylic oxidation sites excluding steroid dienone is 2. The molecular weight excluding hydrogens is 124 g/mol. The molecule has 0 heterocycles. The second-order valence-corrected chi connectivity index (χ2v) is 2.29. The van der Waals surface area contributed by atoms with Crippen molar-refractivity contribution in [3.63, 3.8) is 0 Å². The zero-order valence-corrected chi connectivity index (χ0v) is 5.19. The Labute approximate surface area is 53.3 Å². The molecule has 0 saturated carbocycles. The topological polar surface area (TPSA) is 17.1 Å². The summed E-state index contributed by atoms with van der Waals surface area (Å²) >= 11 is 5.19. The molecule has 1 aliphatic carbocycles. The molecule has 44 valence electrons. The van der Waals surface area contributed by atoms with Crippen LogP contribution in [0.5, 0.6) is 0 Å². The lowest BCUT2D eigenvalue weighted by molar-refractivity contribution is -0.113. The molecule has 0 spiro atoms. The molecule has 2 heteroatoms. The van der Waals surface area contributed by atoms with Gasteiger partial charge < -0.3 is 0 Å². The second-order valence-electron chi connectivity index (χ2n) is 1.92. The molecular formula is C6H7ClO. The van der Waals surface area contributed by atoms with E-state index in [2.05, 4.69) is 0 Å². The van der Waals surface area contributed by atoms with Crippen molar-refractivity contribution >= 4 is 16.8 Å². The summed E-state index contributed by atoms with van der Waals surface area (Å²) in [6, 6.07) is 0. The van der Waals surface area contributed by atoms with Crippen LogP contribution in [0.15, 0.2) is 12.2 Å².